The van der Waals surface area contributed by atoms with Crippen molar-refractivity contribution in [2.45, 2.75) is 19.1 Å². The Balaban J connectivity index is 0.00000225. The van der Waals surface area contributed by atoms with Gasteiger partial charge in [-0.1, -0.05) is 30.3 Å². The molecule has 1 rings (SSSR count). The van der Waals surface area contributed by atoms with Crippen molar-refractivity contribution in [3.8, 4) is 0 Å². The van der Waals surface area contributed by atoms with E-state index in [2.05, 4.69) is 0 Å². The molecule has 0 saturated heterocycles. The van der Waals surface area contributed by atoms with E-state index in [9.17, 15) is 9.90 Å². The first-order valence-corrected chi connectivity index (χ1v) is 4.82. The van der Waals surface area contributed by atoms with Gasteiger partial charge in [-0.2, -0.15) is 0 Å². The summed E-state index contributed by atoms with van der Waals surface area (Å²) >= 11 is 0. The number of esters is 1. The SMILES string of the molecule is CCOC(=O)[C@@H](N)C(O)c1ccccc1.Cl. The Morgan fingerprint density at radius 3 is 2.50 bits per heavy atom. The highest BCUT2D eigenvalue weighted by molar-refractivity contribution is 5.85. The number of carbonyl (C=O) groups excluding carboxylic acids is 1. The molecular weight excluding hydrogens is 230 g/mol. The minimum absolute atomic E-state index is 0. The van der Waals surface area contributed by atoms with E-state index in [0.29, 0.717) is 5.56 Å². The smallest absolute Gasteiger partial charge is 0.325 e. The van der Waals surface area contributed by atoms with Crippen LogP contribution in [0.3, 0.4) is 0 Å². The van der Waals surface area contributed by atoms with Crippen molar-refractivity contribution in [2.75, 3.05) is 6.61 Å². The molecule has 0 amide bonds. The number of hydrogen-bond donors (Lipinski definition) is 2. The van der Waals surface area contributed by atoms with Gasteiger partial charge >= 0.3 is 5.97 Å². The summed E-state index contributed by atoms with van der Waals surface area (Å²) in [5.41, 5.74) is 6.16. The van der Waals surface area contributed by atoms with E-state index in [4.69, 9.17) is 10.5 Å². The van der Waals surface area contributed by atoms with Gasteiger partial charge < -0.3 is 15.6 Å². The zero-order valence-corrected chi connectivity index (χ0v) is 9.81. The van der Waals surface area contributed by atoms with E-state index in [1.54, 1.807) is 31.2 Å². The van der Waals surface area contributed by atoms with Crippen LogP contribution in [0.15, 0.2) is 30.3 Å². The average Bonchev–Trinajstić information content (AvgIpc) is 2.28. The van der Waals surface area contributed by atoms with E-state index in [1.807, 2.05) is 6.07 Å². The lowest BCUT2D eigenvalue weighted by Crippen LogP contribution is -2.38. The maximum absolute atomic E-state index is 11.3. The van der Waals surface area contributed by atoms with E-state index in [0.717, 1.165) is 0 Å². The van der Waals surface area contributed by atoms with E-state index >= 15 is 0 Å². The average molecular weight is 246 g/mol. The number of halogens is 1. The van der Waals surface area contributed by atoms with Crippen LogP contribution in [0, 0.1) is 0 Å². The number of hydrogen-bond acceptors (Lipinski definition) is 4. The summed E-state index contributed by atoms with van der Waals surface area (Å²) < 4.78 is 4.72. The molecule has 5 heteroatoms. The Bertz CT molecular complexity index is 318. The fourth-order valence-electron chi connectivity index (χ4n) is 1.22. The van der Waals surface area contributed by atoms with Crippen LogP contribution in [0.4, 0.5) is 0 Å². The molecule has 0 aliphatic rings. The number of ether oxygens (including phenoxy) is 1. The van der Waals surface area contributed by atoms with Crippen LogP contribution in [0.5, 0.6) is 0 Å². The molecule has 0 aromatic heterocycles. The third-order valence-electron chi connectivity index (χ3n) is 2.04. The van der Waals surface area contributed by atoms with Crippen molar-refractivity contribution < 1.29 is 14.6 Å². The highest BCUT2D eigenvalue weighted by Gasteiger charge is 2.24. The van der Waals surface area contributed by atoms with Gasteiger partial charge in [-0.25, -0.2) is 0 Å². The van der Waals surface area contributed by atoms with Gasteiger partial charge in [0.15, 0.2) is 0 Å². The van der Waals surface area contributed by atoms with E-state index in [1.165, 1.54) is 0 Å². The molecule has 0 aliphatic carbocycles. The Hall–Kier alpha value is -1.10. The second-order valence-electron chi connectivity index (χ2n) is 3.13. The van der Waals surface area contributed by atoms with Crippen LogP contribution in [-0.2, 0) is 9.53 Å². The summed E-state index contributed by atoms with van der Waals surface area (Å²) in [4.78, 5) is 11.3. The highest BCUT2D eigenvalue weighted by atomic mass is 35.5. The van der Waals surface area contributed by atoms with Gasteiger partial charge in [0.25, 0.3) is 0 Å². The summed E-state index contributed by atoms with van der Waals surface area (Å²) in [5, 5.41) is 9.76. The highest BCUT2D eigenvalue weighted by Crippen LogP contribution is 2.15. The van der Waals surface area contributed by atoms with Crippen LogP contribution in [-0.4, -0.2) is 23.7 Å². The maximum atomic E-state index is 11.3. The molecular formula is C11H16ClNO3. The molecule has 90 valence electrons. The second-order valence-corrected chi connectivity index (χ2v) is 3.13. The first-order chi connectivity index (χ1) is 7.16. The normalized spacial score (nSPS) is 13.4. The molecule has 16 heavy (non-hydrogen) atoms. The Morgan fingerprint density at radius 1 is 1.44 bits per heavy atom. The van der Waals surface area contributed by atoms with Crippen molar-refractivity contribution >= 4 is 18.4 Å². The standard InChI is InChI=1S/C11H15NO3.ClH/c1-2-15-11(14)9(12)10(13)8-6-4-3-5-7-8;/h3-7,9-10,13H,2,12H2,1H3;1H/t9-,10?;/m0./s1. The Labute approximate surface area is 101 Å². The number of carbonyl (C=O) groups is 1. The van der Waals surface area contributed by atoms with Crippen molar-refractivity contribution in [2.24, 2.45) is 5.73 Å². The lowest BCUT2D eigenvalue weighted by atomic mass is 10.0. The van der Waals surface area contributed by atoms with Crippen molar-refractivity contribution in [1.82, 2.24) is 0 Å². The predicted molar refractivity (Wildman–Crippen MR) is 63.3 cm³/mol. The largest absolute Gasteiger partial charge is 0.465 e. The van der Waals surface area contributed by atoms with E-state index in [-0.39, 0.29) is 19.0 Å². The topological polar surface area (TPSA) is 72.5 Å². The summed E-state index contributed by atoms with van der Waals surface area (Å²) in [5.74, 6) is -0.589. The van der Waals surface area contributed by atoms with Gasteiger partial charge in [0, 0.05) is 0 Å². The Kier molecular flexibility index (Phi) is 6.72. The number of aliphatic hydroxyl groups is 1. The van der Waals surface area contributed by atoms with Crippen molar-refractivity contribution in [1.29, 1.82) is 0 Å². The molecule has 3 N–H and O–H groups in total. The minimum atomic E-state index is -1.03. The van der Waals surface area contributed by atoms with Crippen LogP contribution >= 0.6 is 12.4 Å². The predicted octanol–water partition coefficient (Wildman–Crippen LogP) is 1.03. The Morgan fingerprint density at radius 2 is 2.00 bits per heavy atom. The van der Waals surface area contributed by atoms with Crippen molar-refractivity contribution in [3.63, 3.8) is 0 Å². The molecule has 4 nitrogen and oxygen atoms in total. The number of benzene rings is 1. The summed E-state index contributed by atoms with van der Waals surface area (Å²) in [6, 6.07) is 7.76. The van der Waals surface area contributed by atoms with Gasteiger partial charge in [0.05, 0.1) is 6.61 Å². The second kappa shape index (κ2) is 7.22. The van der Waals surface area contributed by atoms with Crippen LogP contribution in [0.1, 0.15) is 18.6 Å². The molecule has 0 saturated carbocycles. The van der Waals surface area contributed by atoms with E-state index < -0.39 is 18.1 Å². The van der Waals surface area contributed by atoms with Gasteiger partial charge in [-0.05, 0) is 12.5 Å². The lowest BCUT2D eigenvalue weighted by molar-refractivity contribution is -0.147. The molecule has 0 bridgehead atoms. The first kappa shape index (κ1) is 14.9. The zero-order chi connectivity index (χ0) is 11.3. The molecule has 0 aliphatic heterocycles. The van der Waals surface area contributed by atoms with Crippen LogP contribution < -0.4 is 5.73 Å². The first-order valence-electron chi connectivity index (χ1n) is 4.82. The fourth-order valence-corrected chi connectivity index (χ4v) is 1.22. The summed E-state index contributed by atoms with van der Waals surface area (Å²) in [7, 11) is 0. The molecule has 1 aromatic carbocycles. The van der Waals surface area contributed by atoms with Crippen LogP contribution in [0.2, 0.25) is 0 Å². The third-order valence-corrected chi connectivity index (χ3v) is 2.04. The molecule has 0 radical (unpaired) electrons. The maximum Gasteiger partial charge on any atom is 0.325 e. The van der Waals surface area contributed by atoms with Crippen LogP contribution in [0.25, 0.3) is 0 Å². The summed E-state index contributed by atoms with van der Waals surface area (Å²) in [6.07, 6.45) is -1.02. The van der Waals surface area contributed by atoms with Gasteiger partial charge in [-0.3, -0.25) is 4.79 Å². The number of aliphatic hydroxyl groups excluding tert-OH is 1. The monoisotopic (exact) mass is 245 g/mol. The van der Waals surface area contributed by atoms with Crippen molar-refractivity contribution in [3.05, 3.63) is 35.9 Å². The summed E-state index contributed by atoms with van der Waals surface area (Å²) in [6.45, 7) is 1.95. The quantitative estimate of drug-likeness (QED) is 0.778. The third kappa shape index (κ3) is 3.81. The number of rotatable bonds is 4. The molecule has 1 unspecified atom stereocenters. The van der Waals surface area contributed by atoms with Gasteiger partial charge in [-0.15, -0.1) is 12.4 Å². The van der Waals surface area contributed by atoms with Gasteiger partial charge in [0.1, 0.15) is 12.1 Å². The minimum Gasteiger partial charge on any atom is -0.465 e. The fraction of sp³-hybridized carbons (Fsp3) is 0.364. The number of nitrogens with two attached hydrogens (primary N) is 1. The molecule has 0 spiro atoms. The lowest BCUT2D eigenvalue weighted by Gasteiger charge is -2.17. The molecule has 0 heterocycles. The molecule has 0 fully saturated rings. The molecule has 2 atom stereocenters. The molecule has 1 aromatic rings. The zero-order valence-electron chi connectivity index (χ0n) is 9.00. The van der Waals surface area contributed by atoms with Gasteiger partial charge in [0.2, 0.25) is 0 Å².